The van der Waals surface area contributed by atoms with Crippen LogP contribution in [0, 0.1) is 5.92 Å². The van der Waals surface area contributed by atoms with Crippen LogP contribution in [0.5, 0.6) is 5.75 Å². The lowest BCUT2D eigenvalue weighted by Gasteiger charge is -2.24. The molecule has 0 aliphatic heterocycles. The molecule has 3 heteroatoms. The Kier molecular flexibility index (Phi) is 7.29. The average Bonchev–Trinajstić information content (AvgIpc) is 2.77. The molecular formula is C26H31NO2. The fourth-order valence-electron chi connectivity index (χ4n) is 3.90. The molecule has 0 saturated carbocycles. The number of pyridine rings is 1. The molecule has 0 spiro atoms. The SMILES string of the molecule is C=CCOc1c(-c2ccccc2)n(CC(CC)CCCC)c2ccccc2c1=O. The van der Waals surface area contributed by atoms with Crippen molar-refractivity contribution in [2.45, 2.75) is 46.1 Å². The summed E-state index contributed by atoms with van der Waals surface area (Å²) in [6.07, 6.45) is 6.39. The first-order chi connectivity index (χ1) is 14.2. The summed E-state index contributed by atoms with van der Waals surface area (Å²) >= 11 is 0. The predicted octanol–water partition coefficient (Wildman–Crippen LogP) is 6.45. The number of aromatic nitrogens is 1. The third-order valence-corrected chi connectivity index (χ3v) is 5.51. The van der Waals surface area contributed by atoms with Gasteiger partial charge in [0.15, 0.2) is 5.75 Å². The lowest BCUT2D eigenvalue weighted by molar-refractivity contribution is 0.353. The zero-order chi connectivity index (χ0) is 20.6. The van der Waals surface area contributed by atoms with Crippen molar-refractivity contribution in [2.24, 2.45) is 5.92 Å². The minimum Gasteiger partial charge on any atom is -0.483 e. The highest BCUT2D eigenvalue weighted by molar-refractivity contribution is 5.86. The van der Waals surface area contributed by atoms with Gasteiger partial charge in [-0.2, -0.15) is 0 Å². The maximum Gasteiger partial charge on any atom is 0.231 e. The van der Waals surface area contributed by atoms with Crippen molar-refractivity contribution in [1.29, 1.82) is 0 Å². The minimum absolute atomic E-state index is 0.0563. The molecule has 1 aromatic heterocycles. The van der Waals surface area contributed by atoms with Gasteiger partial charge in [0, 0.05) is 17.5 Å². The highest BCUT2D eigenvalue weighted by Gasteiger charge is 2.21. The number of benzene rings is 2. The second-order valence-corrected chi connectivity index (χ2v) is 7.52. The Morgan fingerprint density at radius 2 is 1.79 bits per heavy atom. The van der Waals surface area contributed by atoms with Crippen LogP contribution in [-0.4, -0.2) is 11.2 Å². The van der Waals surface area contributed by atoms with Gasteiger partial charge >= 0.3 is 0 Å². The monoisotopic (exact) mass is 389 g/mol. The Bertz CT molecular complexity index is 1000. The first-order valence-electron chi connectivity index (χ1n) is 10.7. The second kappa shape index (κ2) is 10.1. The quantitative estimate of drug-likeness (QED) is 0.373. The number of hydrogen-bond donors (Lipinski definition) is 0. The van der Waals surface area contributed by atoms with Gasteiger partial charge in [-0.3, -0.25) is 4.79 Å². The van der Waals surface area contributed by atoms with E-state index >= 15 is 0 Å². The fourth-order valence-corrected chi connectivity index (χ4v) is 3.90. The first kappa shape index (κ1) is 20.9. The first-order valence-corrected chi connectivity index (χ1v) is 10.7. The zero-order valence-corrected chi connectivity index (χ0v) is 17.6. The molecule has 0 saturated heterocycles. The van der Waals surface area contributed by atoms with E-state index in [2.05, 4.69) is 25.0 Å². The Morgan fingerprint density at radius 3 is 2.48 bits per heavy atom. The summed E-state index contributed by atoms with van der Waals surface area (Å²) in [5.74, 6) is 0.968. The lowest BCUT2D eigenvalue weighted by Crippen LogP contribution is -2.20. The normalized spacial score (nSPS) is 12.1. The molecule has 0 aliphatic rings. The topological polar surface area (TPSA) is 31.2 Å². The van der Waals surface area contributed by atoms with Crippen molar-refractivity contribution in [3.05, 3.63) is 77.5 Å². The van der Waals surface area contributed by atoms with Gasteiger partial charge in [0.25, 0.3) is 0 Å². The molecule has 0 radical (unpaired) electrons. The molecule has 2 aromatic carbocycles. The molecule has 29 heavy (non-hydrogen) atoms. The summed E-state index contributed by atoms with van der Waals surface area (Å²) in [7, 11) is 0. The van der Waals surface area contributed by atoms with Crippen LogP contribution >= 0.6 is 0 Å². The number of rotatable bonds is 10. The van der Waals surface area contributed by atoms with Crippen LogP contribution in [0.25, 0.3) is 22.2 Å². The number of unbranched alkanes of at least 4 members (excludes halogenated alkanes) is 1. The van der Waals surface area contributed by atoms with E-state index < -0.39 is 0 Å². The molecule has 0 bridgehead atoms. The summed E-state index contributed by atoms with van der Waals surface area (Å²) in [5.41, 5.74) is 2.78. The Labute approximate surface area is 173 Å². The van der Waals surface area contributed by atoms with E-state index in [1.54, 1.807) is 6.08 Å². The van der Waals surface area contributed by atoms with E-state index in [0.29, 0.717) is 23.7 Å². The average molecular weight is 390 g/mol. The van der Waals surface area contributed by atoms with Crippen LogP contribution in [0.2, 0.25) is 0 Å². The van der Waals surface area contributed by atoms with Crippen LogP contribution in [0.4, 0.5) is 0 Å². The van der Waals surface area contributed by atoms with Gasteiger partial charge in [0.1, 0.15) is 6.61 Å². The maximum absolute atomic E-state index is 13.3. The summed E-state index contributed by atoms with van der Waals surface area (Å²) in [5, 5.41) is 0.705. The van der Waals surface area contributed by atoms with Gasteiger partial charge in [0.2, 0.25) is 5.43 Å². The van der Waals surface area contributed by atoms with Crippen molar-refractivity contribution >= 4 is 10.9 Å². The lowest BCUT2D eigenvalue weighted by atomic mass is 9.97. The van der Waals surface area contributed by atoms with Crippen LogP contribution in [0.15, 0.2) is 72.0 Å². The van der Waals surface area contributed by atoms with Crippen molar-refractivity contribution < 1.29 is 4.74 Å². The highest BCUT2D eigenvalue weighted by atomic mass is 16.5. The molecular weight excluding hydrogens is 358 g/mol. The molecule has 152 valence electrons. The summed E-state index contributed by atoms with van der Waals surface area (Å²) in [4.78, 5) is 13.3. The molecule has 3 rings (SSSR count). The Balaban J connectivity index is 2.29. The van der Waals surface area contributed by atoms with E-state index in [1.165, 1.54) is 19.3 Å². The van der Waals surface area contributed by atoms with Crippen molar-refractivity contribution in [1.82, 2.24) is 4.57 Å². The van der Waals surface area contributed by atoms with Gasteiger partial charge in [-0.05, 0) is 24.5 Å². The Hall–Kier alpha value is -2.81. The van der Waals surface area contributed by atoms with Gasteiger partial charge in [-0.1, -0.05) is 88.2 Å². The van der Waals surface area contributed by atoms with Crippen LogP contribution in [0.1, 0.15) is 39.5 Å². The number of ether oxygens (including phenoxy) is 1. The van der Waals surface area contributed by atoms with E-state index in [4.69, 9.17) is 4.74 Å². The standard InChI is InChI=1S/C26H31NO2/c1-4-7-13-20(6-3)19-27-23-17-12-11-16-22(23)25(28)26(29-18-5-2)24(27)21-14-9-8-10-15-21/h5,8-12,14-17,20H,2,4,6-7,13,18-19H2,1,3H3. The predicted molar refractivity (Wildman–Crippen MR) is 123 cm³/mol. The van der Waals surface area contributed by atoms with Crippen molar-refractivity contribution in [2.75, 3.05) is 6.61 Å². The summed E-state index contributed by atoms with van der Waals surface area (Å²) in [6.45, 7) is 9.41. The third-order valence-electron chi connectivity index (χ3n) is 5.51. The minimum atomic E-state index is -0.0563. The molecule has 0 N–H and O–H groups in total. The largest absolute Gasteiger partial charge is 0.483 e. The molecule has 0 aliphatic carbocycles. The summed E-state index contributed by atoms with van der Waals surface area (Å²) < 4.78 is 8.27. The van der Waals surface area contributed by atoms with Crippen LogP contribution in [0.3, 0.4) is 0 Å². The van der Waals surface area contributed by atoms with Crippen LogP contribution < -0.4 is 10.2 Å². The summed E-state index contributed by atoms with van der Waals surface area (Å²) in [6, 6.07) is 18.0. The van der Waals surface area contributed by atoms with Gasteiger partial charge in [-0.25, -0.2) is 0 Å². The molecule has 0 fully saturated rings. The molecule has 1 heterocycles. The smallest absolute Gasteiger partial charge is 0.231 e. The van der Waals surface area contributed by atoms with Crippen LogP contribution in [-0.2, 0) is 6.54 Å². The second-order valence-electron chi connectivity index (χ2n) is 7.52. The Morgan fingerprint density at radius 1 is 1.07 bits per heavy atom. The van der Waals surface area contributed by atoms with E-state index in [9.17, 15) is 4.79 Å². The third kappa shape index (κ3) is 4.61. The van der Waals surface area contributed by atoms with Gasteiger partial charge < -0.3 is 9.30 Å². The van der Waals surface area contributed by atoms with Gasteiger partial charge in [-0.15, -0.1) is 0 Å². The molecule has 1 atom stereocenters. The molecule has 3 aromatic rings. The fraction of sp³-hybridized carbons (Fsp3) is 0.346. The van der Waals surface area contributed by atoms with E-state index in [0.717, 1.165) is 29.7 Å². The number of hydrogen-bond acceptors (Lipinski definition) is 2. The van der Waals surface area contributed by atoms with Gasteiger partial charge in [0.05, 0.1) is 11.2 Å². The molecule has 0 amide bonds. The van der Waals surface area contributed by atoms with E-state index in [1.807, 2.05) is 54.6 Å². The van der Waals surface area contributed by atoms with E-state index in [-0.39, 0.29) is 5.43 Å². The molecule has 3 nitrogen and oxygen atoms in total. The van der Waals surface area contributed by atoms with Crippen molar-refractivity contribution in [3.8, 4) is 17.0 Å². The highest BCUT2D eigenvalue weighted by Crippen LogP contribution is 2.33. The number of fused-ring (bicyclic) bond motifs is 1. The van der Waals surface area contributed by atoms with Crippen molar-refractivity contribution in [3.63, 3.8) is 0 Å². The molecule has 1 unspecified atom stereocenters. The number of nitrogens with zero attached hydrogens (tertiary/aromatic N) is 1. The zero-order valence-electron chi connectivity index (χ0n) is 17.6. The maximum atomic E-state index is 13.3. The number of para-hydroxylation sites is 1.